The predicted octanol–water partition coefficient (Wildman–Crippen LogP) is 3.34. The van der Waals surface area contributed by atoms with Gasteiger partial charge in [-0.15, -0.1) is 5.10 Å². The van der Waals surface area contributed by atoms with E-state index in [9.17, 15) is 19.7 Å². The highest BCUT2D eigenvalue weighted by atomic mass is 35.5. The maximum atomic E-state index is 12.2. The maximum Gasteiger partial charge on any atom is 0.271 e. The number of carbonyl (C=O) groups excluding carboxylic acids is 2. The van der Waals surface area contributed by atoms with Crippen molar-refractivity contribution in [1.82, 2.24) is 20.5 Å². The minimum absolute atomic E-state index is 0.0105. The lowest BCUT2D eigenvalue weighted by Crippen LogP contribution is -2.23. The number of nitrogens with one attached hydrogen (secondary N) is 3. The Kier molecular flexibility index (Phi) is 7.21. The summed E-state index contributed by atoms with van der Waals surface area (Å²) in [6, 6.07) is 10.7. The zero-order valence-electron chi connectivity index (χ0n) is 16.2. The number of anilines is 1. The topological polar surface area (TPSA) is 143 Å². The molecule has 0 atom stereocenters. The Balaban J connectivity index is 1.49. The number of aryl methyl sites for hydroxylation is 1. The summed E-state index contributed by atoms with van der Waals surface area (Å²) in [7, 11) is 0. The summed E-state index contributed by atoms with van der Waals surface area (Å²) >= 11 is 6.89. The summed E-state index contributed by atoms with van der Waals surface area (Å²) < 4.78 is 0. The highest BCUT2D eigenvalue weighted by Gasteiger charge is 2.13. The van der Waals surface area contributed by atoms with E-state index < -0.39 is 4.92 Å². The number of non-ortho nitro benzene ring substituents is 1. The molecule has 31 heavy (non-hydrogen) atoms. The maximum absolute atomic E-state index is 12.2. The van der Waals surface area contributed by atoms with Gasteiger partial charge in [-0.05, 0) is 36.8 Å². The molecule has 3 rings (SSSR count). The minimum atomic E-state index is -0.523. The van der Waals surface area contributed by atoms with Crippen LogP contribution in [0.4, 0.5) is 11.4 Å². The Morgan fingerprint density at radius 3 is 2.68 bits per heavy atom. The van der Waals surface area contributed by atoms with E-state index in [1.54, 1.807) is 37.3 Å². The molecular formula is C19H17ClN6O4S. The van der Waals surface area contributed by atoms with Gasteiger partial charge < -0.3 is 10.6 Å². The molecule has 2 amide bonds. The van der Waals surface area contributed by atoms with Crippen molar-refractivity contribution < 1.29 is 14.5 Å². The van der Waals surface area contributed by atoms with Gasteiger partial charge in [-0.25, -0.2) is 4.98 Å². The van der Waals surface area contributed by atoms with Gasteiger partial charge in [-0.1, -0.05) is 29.4 Å². The molecule has 0 spiro atoms. The standard InChI is InChI=1S/C19H17ClN6O4S/c1-11-2-7-14(26(29)30)8-15(11)22-17(27)10-31-19-23-16(24-25-19)9-21-18(28)12-3-5-13(20)6-4-12/h2-8H,9-10H2,1H3,(H,21,28)(H,22,27)(H,23,24,25). The highest BCUT2D eigenvalue weighted by molar-refractivity contribution is 7.99. The molecule has 0 aliphatic carbocycles. The second-order valence-corrected chi connectivity index (χ2v) is 7.73. The van der Waals surface area contributed by atoms with E-state index in [-0.39, 0.29) is 29.8 Å². The van der Waals surface area contributed by atoms with Crippen molar-refractivity contribution in [3.05, 3.63) is 74.6 Å². The van der Waals surface area contributed by atoms with Crippen LogP contribution in [0.25, 0.3) is 0 Å². The van der Waals surface area contributed by atoms with E-state index in [4.69, 9.17) is 11.6 Å². The van der Waals surface area contributed by atoms with Crippen LogP contribution >= 0.6 is 23.4 Å². The summed E-state index contributed by atoms with van der Waals surface area (Å²) in [5.41, 5.74) is 1.44. The number of halogens is 1. The fraction of sp³-hybridized carbons (Fsp3) is 0.158. The largest absolute Gasteiger partial charge is 0.345 e. The Hall–Kier alpha value is -3.44. The van der Waals surface area contributed by atoms with Crippen molar-refractivity contribution in [2.75, 3.05) is 11.1 Å². The third kappa shape index (κ3) is 6.27. The van der Waals surface area contributed by atoms with Crippen LogP contribution in [0, 0.1) is 17.0 Å². The molecule has 3 aromatic rings. The third-order valence-corrected chi connectivity index (χ3v) is 5.17. The second kappa shape index (κ2) is 10.0. The van der Waals surface area contributed by atoms with Crippen LogP contribution in [-0.4, -0.2) is 37.7 Å². The molecule has 0 fully saturated rings. The zero-order chi connectivity index (χ0) is 22.4. The molecule has 12 heteroatoms. The summed E-state index contributed by atoms with van der Waals surface area (Å²) in [6.07, 6.45) is 0. The Morgan fingerprint density at radius 2 is 1.97 bits per heavy atom. The first kappa shape index (κ1) is 22.2. The lowest BCUT2D eigenvalue weighted by molar-refractivity contribution is -0.384. The predicted molar refractivity (Wildman–Crippen MR) is 116 cm³/mol. The van der Waals surface area contributed by atoms with E-state index >= 15 is 0 Å². The van der Waals surface area contributed by atoms with E-state index in [2.05, 4.69) is 25.8 Å². The first-order chi connectivity index (χ1) is 14.8. The molecule has 10 nitrogen and oxygen atoms in total. The monoisotopic (exact) mass is 460 g/mol. The molecule has 160 valence electrons. The summed E-state index contributed by atoms with van der Waals surface area (Å²) in [4.78, 5) is 38.9. The first-order valence-electron chi connectivity index (χ1n) is 8.94. The lowest BCUT2D eigenvalue weighted by Gasteiger charge is -2.07. The van der Waals surface area contributed by atoms with Gasteiger partial charge in [-0.2, -0.15) is 0 Å². The normalized spacial score (nSPS) is 10.5. The number of hydrogen-bond donors (Lipinski definition) is 3. The van der Waals surface area contributed by atoms with Crippen molar-refractivity contribution in [3.63, 3.8) is 0 Å². The number of benzene rings is 2. The average Bonchev–Trinajstić information content (AvgIpc) is 3.20. The number of hydrogen-bond acceptors (Lipinski definition) is 7. The fourth-order valence-electron chi connectivity index (χ4n) is 2.46. The third-order valence-electron chi connectivity index (χ3n) is 4.07. The van der Waals surface area contributed by atoms with Gasteiger partial charge in [0.25, 0.3) is 11.6 Å². The van der Waals surface area contributed by atoms with Crippen LogP contribution in [0.2, 0.25) is 5.02 Å². The molecular weight excluding hydrogens is 444 g/mol. The van der Waals surface area contributed by atoms with Crippen molar-refractivity contribution >= 4 is 46.6 Å². The summed E-state index contributed by atoms with van der Waals surface area (Å²) in [5.74, 6) is -0.193. The zero-order valence-corrected chi connectivity index (χ0v) is 17.8. The number of nitro benzene ring substituents is 1. The van der Waals surface area contributed by atoms with Gasteiger partial charge in [0.15, 0.2) is 0 Å². The molecule has 0 bridgehead atoms. The van der Waals surface area contributed by atoms with Crippen molar-refractivity contribution in [2.45, 2.75) is 18.6 Å². The highest BCUT2D eigenvalue weighted by Crippen LogP contribution is 2.22. The molecule has 1 heterocycles. The van der Waals surface area contributed by atoms with Crippen molar-refractivity contribution in [2.24, 2.45) is 0 Å². The number of rotatable bonds is 8. The van der Waals surface area contributed by atoms with Crippen LogP contribution in [0.3, 0.4) is 0 Å². The van der Waals surface area contributed by atoms with Crippen molar-refractivity contribution in [3.8, 4) is 0 Å². The SMILES string of the molecule is Cc1ccc([N+](=O)[O-])cc1NC(=O)CSc1n[nH]c(CNC(=O)c2ccc(Cl)cc2)n1. The van der Waals surface area contributed by atoms with Gasteiger partial charge >= 0.3 is 0 Å². The molecule has 0 aliphatic heterocycles. The number of aromatic nitrogens is 3. The van der Waals surface area contributed by atoms with Gasteiger partial charge in [0.2, 0.25) is 11.1 Å². The Morgan fingerprint density at radius 1 is 1.23 bits per heavy atom. The van der Waals surface area contributed by atoms with Crippen molar-refractivity contribution in [1.29, 1.82) is 0 Å². The molecule has 0 saturated heterocycles. The number of amides is 2. The smallest absolute Gasteiger partial charge is 0.271 e. The molecule has 0 unspecified atom stereocenters. The quantitative estimate of drug-likeness (QED) is 0.265. The van der Waals surface area contributed by atoms with Gasteiger partial charge in [0.05, 0.1) is 22.9 Å². The Labute approximate surface area is 185 Å². The van der Waals surface area contributed by atoms with Crippen LogP contribution < -0.4 is 10.6 Å². The van der Waals surface area contributed by atoms with E-state index in [1.165, 1.54) is 12.1 Å². The molecule has 1 aromatic heterocycles. The first-order valence-corrected chi connectivity index (χ1v) is 10.3. The van der Waals surface area contributed by atoms with Gasteiger partial charge in [-0.3, -0.25) is 24.8 Å². The van der Waals surface area contributed by atoms with E-state index in [0.29, 0.717) is 32.8 Å². The summed E-state index contributed by atoms with van der Waals surface area (Å²) in [6.45, 7) is 1.88. The van der Waals surface area contributed by atoms with Crippen LogP contribution in [0.5, 0.6) is 0 Å². The van der Waals surface area contributed by atoms with Crippen LogP contribution in [0.1, 0.15) is 21.7 Å². The Bertz CT molecular complexity index is 1120. The molecule has 0 saturated carbocycles. The number of nitro groups is 1. The number of thioether (sulfide) groups is 1. The number of carbonyl (C=O) groups is 2. The average molecular weight is 461 g/mol. The van der Waals surface area contributed by atoms with Crippen LogP contribution in [0.15, 0.2) is 47.6 Å². The molecule has 2 aromatic carbocycles. The molecule has 0 aliphatic rings. The fourth-order valence-corrected chi connectivity index (χ4v) is 3.21. The number of aromatic amines is 1. The molecule has 0 radical (unpaired) electrons. The van der Waals surface area contributed by atoms with E-state index in [0.717, 1.165) is 11.8 Å². The minimum Gasteiger partial charge on any atom is -0.345 e. The number of H-pyrrole nitrogens is 1. The lowest BCUT2D eigenvalue weighted by atomic mass is 10.2. The second-order valence-electron chi connectivity index (χ2n) is 6.35. The van der Waals surface area contributed by atoms with Crippen LogP contribution in [-0.2, 0) is 11.3 Å². The van der Waals surface area contributed by atoms with E-state index in [1.807, 2.05) is 0 Å². The van der Waals surface area contributed by atoms with Gasteiger partial charge in [0.1, 0.15) is 5.82 Å². The molecule has 3 N–H and O–H groups in total. The number of nitrogens with zero attached hydrogens (tertiary/aromatic N) is 3. The van der Waals surface area contributed by atoms with Gasteiger partial charge in [0, 0.05) is 22.7 Å². The summed E-state index contributed by atoms with van der Waals surface area (Å²) in [5, 5.41) is 23.8.